The van der Waals surface area contributed by atoms with E-state index in [0.29, 0.717) is 24.9 Å². The summed E-state index contributed by atoms with van der Waals surface area (Å²) in [7, 11) is 0. The summed E-state index contributed by atoms with van der Waals surface area (Å²) in [6.07, 6.45) is 4.89. The van der Waals surface area contributed by atoms with Crippen molar-refractivity contribution in [3.05, 3.63) is 0 Å². The Kier molecular flexibility index (Phi) is 8.82. The van der Waals surface area contributed by atoms with Crippen LogP contribution < -0.4 is 5.48 Å². The molecule has 1 saturated carbocycles. The van der Waals surface area contributed by atoms with Gasteiger partial charge in [-0.25, -0.2) is 10.3 Å². The molecule has 2 atom stereocenters. The standard InChI is InChI=1S/C15H27NO5S/c1-10(2)9-20-15(22)21-16-13(17)8-12(14(18)19)7-11-5-3-4-6-11/h10-12,15,22H,3-9H2,1-2H3,(H,16,17)(H,18,19)/t12-,15?/m1/s1. The highest BCUT2D eigenvalue weighted by atomic mass is 32.1. The van der Waals surface area contributed by atoms with Gasteiger partial charge in [-0.05, 0) is 18.3 Å². The van der Waals surface area contributed by atoms with E-state index in [4.69, 9.17) is 9.57 Å². The van der Waals surface area contributed by atoms with Crippen LogP contribution in [0.4, 0.5) is 0 Å². The van der Waals surface area contributed by atoms with Gasteiger partial charge in [-0.2, -0.15) is 0 Å². The van der Waals surface area contributed by atoms with Crippen LogP contribution in [0.15, 0.2) is 0 Å². The fourth-order valence-electron chi connectivity index (χ4n) is 2.61. The average molecular weight is 333 g/mol. The second kappa shape index (κ2) is 10.1. The molecule has 0 spiro atoms. The van der Waals surface area contributed by atoms with Crippen LogP contribution in [0.5, 0.6) is 0 Å². The lowest BCUT2D eigenvalue weighted by molar-refractivity contribution is -0.161. The third-order valence-corrected chi connectivity index (χ3v) is 3.97. The van der Waals surface area contributed by atoms with Gasteiger partial charge in [0.05, 0.1) is 12.5 Å². The maximum atomic E-state index is 11.8. The minimum absolute atomic E-state index is 0.0868. The van der Waals surface area contributed by atoms with Crippen molar-refractivity contribution in [3.8, 4) is 0 Å². The van der Waals surface area contributed by atoms with E-state index in [0.717, 1.165) is 25.7 Å². The lowest BCUT2D eigenvalue weighted by Crippen LogP contribution is -2.32. The summed E-state index contributed by atoms with van der Waals surface area (Å²) in [5, 5.41) is 9.24. The second-order valence-electron chi connectivity index (χ2n) is 6.30. The molecular formula is C15H27NO5S. The van der Waals surface area contributed by atoms with Gasteiger partial charge in [-0.15, -0.1) is 12.6 Å². The number of hydroxylamine groups is 1. The van der Waals surface area contributed by atoms with Crippen LogP contribution in [0, 0.1) is 17.8 Å². The van der Waals surface area contributed by atoms with Crippen LogP contribution in [0.3, 0.4) is 0 Å². The SMILES string of the molecule is CC(C)COC(S)ONC(=O)C[C@@H](CC1CCCC1)C(=O)O. The van der Waals surface area contributed by atoms with Gasteiger partial charge in [0.1, 0.15) is 0 Å². The molecule has 1 rings (SSSR count). The van der Waals surface area contributed by atoms with Gasteiger partial charge in [0.15, 0.2) is 0 Å². The lowest BCUT2D eigenvalue weighted by Gasteiger charge is -2.18. The first-order valence-electron chi connectivity index (χ1n) is 7.85. The van der Waals surface area contributed by atoms with Gasteiger partial charge < -0.3 is 9.84 Å². The first-order valence-corrected chi connectivity index (χ1v) is 8.37. The normalized spacial score (nSPS) is 18.4. The van der Waals surface area contributed by atoms with E-state index < -0.39 is 23.4 Å². The molecule has 128 valence electrons. The van der Waals surface area contributed by atoms with Crippen molar-refractivity contribution in [2.45, 2.75) is 58.0 Å². The summed E-state index contributed by atoms with van der Waals surface area (Å²) in [6.45, 7) is 4.43. The number of ether oxygens (including phenoxy) is 1. The van der Waals surface area contributed by atoms with Crippen molar-refractivity contribution in [2.75, 3.05) is 6.61 Å². The van der Waals surface area contributed by atoms with Crippen molar-refractivity contribution < 1.29 is 24.3 Å². The molecule has 0 aromatic heterocycles. The summed E-state index contributed by atoms with van der Waals surface area (Å²) in [4.78, 5) is 28.0. The molecule has 1 fully saturated rings. The Labute approximate surface area is 137 Å². The molecule has 0 saturated heterocycles. The van der Waals surface area contributed by atoms with Gasteiger partial charge in [0, 0.05) is 6.42 Å². The number of rotatable bonds is 10. The van der Waals surface area contributed by atoms with E-state index >= 15 is 0 Å². The highest BCUT2D eigenvalue weighted by Crippen LogP contribution is 2.31. The number of aliphatic carboxylic acids is 1. The number of carboxylic acids is 1. The molecule has 7 heteroatoms. The zero-order valence-corrected chi connectivity index (χ0v) is 14.2. The Morgan fingerprint density at radius 2 is 1.95 bits per heavy atom. The molecule has 2 N–H and O–H groups in total. The molecule has 1 amide bonds. The molecule has 1 aliphatic carbocycles. The van der Waals surface area contributed by atoms with E-state index in [-0.39, 0.29) is 6.42 Å². The Bertz CT molecular complexity index is 358. The maximum Gasteiger partial charge on any atom is 0.307 e. The topological polar surface area (TPSA) is 84.9 Å². The van der Waals surface area contributed by atoms with Gasteiger partial charge in [-0.3, -0.25) is 9.59 Å². The van der Waals surface area contributed by atoms with E-state index in [2.05, 4.69) is 18.1 Å². The molecule has 0 radical (unpaired) electrons. The van der Waals surface area contributed by atoms with Crippen LogP contribution in [0.25, 0.3) is 0 Å². The Hall–Kier alpha value is -0.790. The third kappa shape index (κ3) is 8.00. The van der Waals surface area contributed by atoms with E-state index in [1.807, 2.05) is 13.8 Å². The van der Waals surface area contributed by atoms with Gasteiger partial charge >= 0.3 is 5.97 Å². The molecule has 0 aromatic rings. The first-order chi connectivity index (χ1) is 10.4. The average Bonchev–Trinajstić information content (AvgIpc) is 2.95. The molecule has 1 aliphatic rings. The molecule has 0 aliphatic heterocycles. The molecule has 22 heavy (non-hydrogen) atoms. The highest BCUT2D eigenvalue weighted by molar-refractivity contribution is 7.80. The number of carboxylic acid groups (broad SMARTS) is 1. The quantitative estimate of drug-likeness (QED) is 0.325. The van der Waals surface area contributed by atoms with Crippen LogP contribution in [0.2, 0.25) is 0 Å². The van der Waals surface area contributed by atoms with Gasteiger partial charge in [-0.1, -0.05) is 39.5 Å². The molecule has 0 aromatic carbocycles. The molecule has 1 unspecified atom stereocenters. The number of nitrogens with one attached hydrogen (secondary N) is 1. The van der Waals surface area contributed by atoms with Crippen molar-refractivity contribution in [2.24, 2.45) is 17.8 Å². The highest BCUT2D eigenvalue weighted by Gasteiger charge is 2.27. The smallest absolute Gasteiger partial charge is 0.307 e. The largest absolute Gasteiger partial charge is 0.481 e. The fourth-order valence-corrected chi connectivity index (χ4v) is 2.75. The molecule has 0 bridgehead atoms. The summed E-state index contributed by atoms with van der Waals surface area (Å²) in [5.41, 5.74) is 1.36. The summed E-state index contributed by atoms with van der Waals surface area (Å²) < 4.78 is 5.22. The number of thiol groups is 1. The maximum absolute atomic E-state index is 11.8. The van der Waals surface area contributed by atoms with Gasteiger partial charge in [0.25, 0.3) is 0 Å². The number of hydrogen-bond donors (Lipinski definition) is 3. The van der Waals surface area contributed by atoms with Crippen LogP contribution in [0.1, 0.15) is 52.4 Å². The first kappa shape index (κ1) is 19.3. The number of carbonyl (C=O) groups excluding carboxylic acids is 1. The van der Waals surface area contributed by atoms with Crippen molar-refractivity contribution in [3.63, 3.8) is 0 Å². The minimum atomic E-state index is -0.930. The minimum Gasteiger partial charge on any atom is -0.481 e. The van der Waals surface area contributed by atoms with Crippen LogP contribution in [-0.4, -0.2) is 29.2 Å². The number of hydrogen-bond acceptors (Lipinski definition) is 5. The Balaban J connectivity index is 2.29. The van der Waals surface area contributed by atoms with E-state index in [1.54, 1.807) is 0 Å². The second-order valence-corrected chi connectivity index (χ2v) is 6.72. The van der Waals surface area contributed by atoms with Crippen LogP contribution >= 0.6 is 12.6 Å². The van der Waals surface area contributed by atoms with E-state index in [1.165, 1.54) is 0 Å². The summed E-state index contributed by atoms with van der Waals surface area (Å²) >= 11 is 4.03. The van der Waals surface area contributed by atoms with Crippen molar-refractivity contribution >= 4 is 24.5 Å². The van der Waals surface area contributed by atoms with Crippen molar-refractivity contribution in [1.29, 1.82) is 0 Å². The predicted octanol–water partition coefficient (Wildman–Crippen LogP) is 2.59. The zero-order valence-electron chi connectivity index (χ0n) is 13.3. The van der Waals surface area contributed by atoms with E-state index in [9.17, 15) is 14.7 Å². The van der Waals surface area contributed by atoms with Gasteiger partial charge in [0.2, 0.25) is 11.5 Å². The lowest BCUT2D eigenvalue weighted by atomic mass is 9.91. The predicted molar refractivity (Wildman–Crippen MR) is 85.1 cm³/mol. The number of amides is 1. The molecular weight excluding hydrogens is 306 g/mol. The summed E-state index contributed by atoms with van der Waals surface area (Å²) in [6, 6.07) is 0. The Morgan fingerprint density at radius 3 is 2.50 bits per heavy atom. The molecule has 6 nitrogen and oxygen atoms in total. The van der Waals surface area contributed by atoms with Crippen molar-refractivity contribution in [1.82, 2.24) is 5.48 Å². The monoisotopic (exact) mass is 333 g/mol. The number of carbonyl (C=O) groups is 2. The third-order valence-electron chi connectivity index (χ3n) is 3.72. The summed E-state index contributed by atoms with van der Waals surface area (Å²) in [5.74, 6) is -1.31. The zero-order chi connectivity index (χ0) is 16.5. The Morgan fingerprint density at radius 1 is 1.32 bits per heavy atom. The fraction of sp³-hybridized carbons (Fsp3) is 0.867. The van der Waals surface area contributed by atoms with Crippen LogP contribution in [-0.2, 0) is 19.2 Å². The molecule has 0 heterocycles.